The van der Waals surface area contributed by atoms with Crippen molar-refractivity contribution in [2.24, 2.45) is 0 Å². The molecule has 0 N–H and O–H groups in total. The SMILES string of the molecule is CCCCCC[C@H](C)OC(C)C. The summed E-state index contributed by atoms with van der Waals surface area (Å²) in [6.07, 6.45) is 7.42. The molecule has 0 aromatic rings. The first kappa shape index (κ1) is 12.0. The zero-order valence-corrected chi connectivity index (χ0v) is 9.10. The number of ether oxygens (including phenoxy) is 1. The molecule has 0 heterocycles. The van der Waals surface area contributed by atoms with Crippen LogP contribution in [-0.4, -0.2) is 12.2 Å². The minimum Gasteiger partial charge on any atom is -0.376 e. The third kappa shape index (κ3) is 8.06. The minimum atomic E-state index is 0.381. The molecule has 0 aromatic carbocycles. The highest BCUT2D eigenvalue weighted by Crippen LogP contribution is 2.09. The highest BCUT2D eigenvalue weighted by atomic mass is 16.5. The van der Waals surface area contributed by atoms with E-state index in [1.165, 1.54) is 32.1 Å². The van der Waals surface area contributed by atoms with Crippen molar-refractivity contribution in [2.75, 3.05) is 0 Å². The molecule has 1 nitrogen and oxygen atoms in total. The maximum atomic E-state index is 5.63. The van der Waals surface area contributed by atoms with Gasteiger partial charge in [0.15, 0.2) is 0 Å². The number of hydrogen-bond donors (Lipinski definition) is 0. The molecule has 0 unspecified atom stereocenters. The van der Waals surface area contributed by atoms with Crippen LogP contribution in [0.5, 0.6) is 0 Å². The molecule has 0 saturated heterocycles. The van der Waals surface area contributed by atoms with Crippen LogP contribution in [0.3, 0.4) is 0 Å². The van der Waals surface area contributed by atoms with Crippen LogP contribution in [0.25, 0.3) is 0 Å². The summed E-state index contributed by atoms with van der Waals surface area (Å²) in [5, 5.41) is 0. The van der Waals surface area contributed by atoms with E-state index < -0.39 is 0 Å². The topological polar surface area (TPSA) is 9.23 Å². The Morgan fingerprint density at radius 2 is 1.67 bits per heavy atom. The van der Waals surface area contributed by atoms with Crippen LogP contribution in [0.4, 0.5) is 0 Å². The minimum absolute atomic E-state index is 0.381. The van der Waals surface area contributed by atoms with Gasteiger partial charge in [-0.25, -0.2) is 0 Å². The van der Waals surface area contributed by atoms with Gasteiger partial charge in [0, 0.05) is 0 Å². The Hall–Kier alpha value is -0.0400. The fourth-order valence-corrected chi connectivity index (χ4v) is 1.39. The number of hydrogen-bond acceptors (Lipinski definition) is 1. The van der Waals surface area contributed by atoms with Crippen molar-refractivity contribution in [3.05, 3.63) is 0 Å². The van der Waals surface area contributed by atoms with Crippen molar-refractivity contribution < 1.29 is 4.74 Å². The summed E-state index contributed by atoms with van der Waals surface area (Å²) >= 11 is 0. The van der Waals surface area contributed by atoms with E-state index in [4.69, 9.17) is 4.74 Å². The molecule has 0 bridgehead atoms. The summed E-state index contributed by atoms with van der Waals surface area (Å²) in [7, 11) is 0. The molecule has 0 spiro atoms. The van der Waals surface area contributed by atoms with Crippen LogP contribution in [0.15, 0.2) is 0 Å². The van der Waals surface area contributed by atoms with Crippen molar-refractivity contribution in [2.45, 2.75) is 72.0 Å². The van der Waals surface area contributed by atoms with Crippen LogP contribution in [-0.2, 0) is 4.74 Å². The van der Waals surface area contributed by atoms with Gasteiger partial charge in [0.1, 0.15) is 0 Å². The summed E-state index contributed by atoms with van der Waals surface area (Å²) in [4.78, 5) is 0. The van der Waals surface area contributed by atoms with Gasteiger partial charge < -0.3 is 4.74 Å². The Balaban J connectivity index is 3.14. The van der Waals surface area contributed by atoms with Gasteiger partial charge in [0.05, 0.1) is 12.2 Å². The molecule has 1 heteroatoms. The number of rotatable bonds is 7. The second-order valence-corrected chi connectivity index (χ2v) is 3.84. The monoisotopic (exact) mass is 172 g/mol. The second kappa shape index (κ2) is 7.60. The van der Waals surface area contributed by atoms with Crippen molar-refractivity contribution in [3.8, 4) is 0 Å². The Labute approximate surface area is 77.5 Å². The summed E-state index contributed by atoms with van der Waals surface area (Å²) < 4.78 is 5.63. The molecular weight excluding hydrogens is 148 g/mol. The molecule has 0 aliphatic carbocycles. The quantitative estimate of drug-likeness (QED) is 0.531. The lowest BCUT2D eigenvalue weighted by atomic mass is 10.1. The molecule has 0 saturated carbocycles. The van der Waals surface area contributed by atoms with Crippen molar-refractivity contribution >= 4 is 0 Å². The normalized spacial score (nSPS) is 13.8. The van der Waals surface area contributed by atoms with E-state index in [0.29, 0.717) is 12.2 Å². The van der Waals surface area contributed by atoms with Crippen molar-refractivity contribution in [1.82, 2.24) is 0 Å². The van der Waals surface area contributed by atoms with Gasteiger partial charge >= 0.3 is 0 Å². The highest BCUT2D eigenvalue weighted by molar-refractivity contribution is 4.52. The third-order valence-corrected chi connectivity index (χ3v) is 1.97. The maximum Gasteiger partial charge on any atom is 0.0550 e. The average Bonchev–Trinajstić information content (AvgIpc) is 1.97. The molecule has 0 aliphatic heterocycles. The molecule has 1 atom stereocenters. The van der Waals surface area contributed by atoms with Gasteiger partial charge in [-0.15, -0.1) is 0 Å². The van der Waals surface area contributed by atoms with Crippen molar-refractivity contribution in [3.63, 3.8) is 0 Å². The van der Waals surface area contributed by atoms with E-state index in [0.717, 1.165) is 0 Å². The molecule has 74 valence electrons. The molecule has 0 radical (unpaired) electrons. The Bertz CT molecular complexity index is 89.0. The molecule has 0 aromatic heterocycles. The molecule has 0 aliphatic rings. The molecular formula is C11H24O. The van der Waals surface area contributed by atoms with Gasteiger partial charge in [0.25, 0.3) is 0 Å². The molecule has 12 heavy (non-hydrogen) atoms. The largest absolute Gasteiger partial charge is 0.376 e. The first-order chi connectivity index (χ1) is 5.66. The van der Waals surface area contributed by atoms with Crippen LogP contribution in [0, 0.1) is 0 Å². The fraction of sp³-hybridized carbons (Fsp3) is 1.00. The smallest absolute Gasteiger partial charge is 0.0550 e. The third-order valence-electron chi connectivity index (χ3n) is 1.97. The van der Waals surface area contributed by atoms with Crippen LogP contribution < -0.4 is 0 Å². The predicted molar refractivity (Wildman–Crippen MR) is 54.4 cm³/mol. The lowest BCUT2D eigenvalue weighted by molar-refractivity contribution is 0.0131. The van der Waals surface area contributed by atoms with Gasteiger partial charge in [-0.2, -0.15) is 0 Å². The predicted octanol–water partition coefficient (Wildman–Crippen LogP) is 3.77. The molecule has 0 fully saturated rings. The van der Waals surface area contributed by atoms with Gasteiger partial charge in [0.2, 0.25) is 0 Å². The molecule has 0 rings (SSSR count). The zero-order valence-electron chi connectivity index (χ0n) is 9.10. The maximum absolute atomic E-state index is 5.63. The Kier molecular flexibility index (Phi) is 7.58. The van der Waals surface area contributed by atoms with E-state index >= 15 is 0 Å². The summed E-state index contributed by atoms with van der Waals surface area (Å²) in [6.45, 7) is 8.62. The summed E-state index contributed by atoms with van der Waals surface area (Å²) in [6, 6.07) is 0. The van der Waals surface area contributed by atoms with Gasteiger partial charge in [-0.05, 0) is 27.2 Å². The number of unbranched alkanes of at least 4 members (excludes halogenated alkanes) is 3. The van der Waals surface area contributed by atoms with Crippen molar-refractivity contribution in [1.29, 1.82) is 0 Å². The lowest BCUT2D eigenvalue weighted by Crippen LogP contribution is -2.13. The van der Waals surface area contributed by atoms with E-state index in [1.54, 1.807) is 0 Å². The van der Waals surface area contributed by atoms with Gasteiger partial charge in [-0.1, -0.05) is 32.6 Å². The second-order valence-electron chi connectivity index (χ2n) is 3.84. The van der Waals surface area contributed by atoms with Crippen LogP contribution in [0.2, 0.25) is 0 Å². The first-order valence-electron chi connectivity index (χ1n) is 5.32. The zero-order chi connectivity index (χ0) is 9.40. The van der Waals surface area contributed by atoms with E-state index in [-0.39, 0.29) is 0 Å². The summed E-state index contributed by atoms with van der Waals surface area (Å²) in [5.74, 6) is 0. The van der Waals surface area contributed by atoms with Crippen LogP contribution >= 0.6 is 0 Å². The van der Waals surface area contributed by atoms with E-state index in [2.05, 4.69) is 27.7 Å². The standard InChI is InChI=1S/C11H24O/c1-5-6-7-8-9-11(4)12-10(2)3/h10-11H,5-9H2,1-4H3/t11-/m0/s1. The van der Waals surface area contributed by atoms with Gasteiger partial charge in [-0.3, -0.25) is 0 Å². The van der Waals surface area contributed by atoms with E-state index in [9.17, 15) is 0 Å². The molecule has 0 amide bonds. The van der Waals surface area contributed by atoms with E-state index in [1.807, 2.05) is 0 Å². The Morgan fingerprint density at radius 3 is 2.17 bits per heavy atom. The average molecular weight is 172 g/mol. The first-order valence-corrected chi connectivity index (χ1v) is 5.32. The Morgan fingerprint density at radius 1 is 1.00 bits per heavy atom. The highest BCUT2D eigenvalue weighted by Gasteiger charge is 2.03. The lowest BCUT2D eigenvalue weighted by Gasteiger charge is -2.15. The summed E-state index contributed by atoms with van der Waals surface area (Å²) in [5.41, 5.74) is 0. The van der Waals surface area contributed by atoms with Crippen LogP contribution in [0.1, 0.15) is 59.8 Å². The fourth-order valence-electron chi connectivity index (χ4n) is 1.39.